The van der Waals surface area contributed by atoms with Gasteiger partial charge in [-0.25, -0.2) is 4.79 Å². The molecule has 0 saturated heterocycles. The van der Waals surface area contributed by atoms with Crippen LogP contribution in [0.5, 0.6) is 0 Å². The molecule has 0 fully saturated rings. The molecular weight excluding hydrogens is 318 g/mol. The molecule has 0 aliphatic rings. The van der Waals surface area contributed by atoms with Crippen LogP contribution in [0.4, 0.5) is 0 Å². The number of rotatable bonds is 6. The van der Waals surface area contributed by atoms with E-state index >= 15 is 0 Å². The molecule has 128 valence electrons. The largest absolute Gasteiger partial charge is 0.458 e. The van der Waals surface area contributed by atoms with E-state index in [0.29, 0.717) is 0 Å². The van der Waals surface area contributed by atoms with Gasteiger partial charge in [0.05, 0.1) is 6.42 Å². The van der Waals surface area contributed by atoms with Crippen LogP contribution >= 0.6 is 0 Å². The number of aromatic amines is 1. The quantitative estimate of drug-likeness (QED) is 0.701. The molecule has 0 aliphatic heterocycles. The molecule has 0 amide bonds. The number of H-pyrrole nitrogens is 1. The van der Waals surface area contributed by atoms with Gasteiger partial charge in [0.25, 0.3) is 0 Å². The molecule has 0 atom stereocenters. The van der Waals surface area contributed by atoms with Gasteiger partial charge in [-0.3, -0.25) is 4.79 Å². The van der Waals surface area contributed by atoms with Gasteiger partial charge in [0.1, 0.15) is 6.61 Å². The van der Waals surface area contributed by atoms with Crippen LogP contribution in [0.2, 0.25) is 0 Å². The van der Waals surface area contributed by atoms with Gasteiger partial charge < -0.3 is 14.5 Å². The van der Waals surface area contributed by atoms with Crippen molar-refractivity contribution in [2.75, 3.05) is 6.61 Å². The first-order valence-corrected chi connectivity index (χ1v) is 8.05. The van der Waals surface area contributed by atoms with Crippen LogP contribution in [0, 0.1) is 6.92 Å². The van der Waals surface area contributed by atoms with Crippen LogP contribution in [0.25, 0.3) is 10.9 Å². The van der Waals surface area contributed by atoms with Gasteiger partial charge >= 0.3 is 11.9 Å². The summed E-state index contributed by atoms with van der Waals surface area (Å²) < 4.78 is 10.1. The van der Waals surface area contributed by atoms with Crippen LogP contribution in [0.1, 0.15) is 16.8 Å². The van der Waals surface area contributed by atoms with Crippen molar-refractivity contribution in [3.63, 3.8) is 0 Å². The lowest BCUT2D eigenvalue weighted by Gasteiger charge is -2.06. The predicted molar refractivity (Wildman–Crippen MR) is 93.9 cm³/mol. The van der Waals surface area contributed by atoms with Gasteiger partial charge in [-0.15, -0.1) is 0 Å². The first-order valence-electron chi connectivity index (χ1n) is 8.05. The van der Waals surface area contributed by atoms with Crippen molar-refractivity contribution >= 4 is 22.8 Å². The molecule has 2 aromatic carbocycles. The van der Waals surface area contributed by atoms with Crippen LogP contribution in [-0.4, -0.2) is 23.5 Å². The molecule has 25 heavy (non-hydrogen) atoms. The minimum absolute atomic E-state index is 0.113. The topological polar surface area (TPSA) is 68.4 Å². The minimum Gasteiger partial charge on any atom is -0.458 e. The molecule has 3 rings (SSSR count). The maximum absolute atomic E-state index is 12.0. The molecular formula is C20H19NO4. The van der Waals surface area contributed by atoms with Crippen molar-refractivity contribution in [2.45, 2.75) is 20.0 Å². The first-order chi connectivity index (χ1) is 12.1. The van der Waals surface area contributed by atoms with Crippen LogP contribution in [0.3, 0.4) is 0 Å². The summed E-state index contributed by atoms with van der Waals surface area (Å²) in [6.45, 7) is 1.70. The molecule has 3 aromatic rings. The third kappa shape index (κ3) is 4.26. The molecule has 0 aliphatic carbocycles. The molecule has 0 bridgehead atoms. The summed E-state index contributed by atoms with van der Waals surface area (Å²) in [7, 11) is 0. The van der Waals surface area contributed by atoms with E-state index in [0.717, 1.165) is 27.7 Å². The highest BCUT2D eigenvalue weighted by Gasteiger charge is 2.14. The van der Waals surface area contributed by atoms with Crippen molar-refractivity contribution in [1.82, 2.24) is 4.98 Å². The van der Waals surface area contributed by atoms with E-state index in [9.17, 15) is 9.59 Å². The lowest BCUT2D eigenvalue weighted by molar-refractivity contribution is -0.159. The third-order valence-electron chi connectivity index (χ3n) is 3.94. The Morgan fingerprint density at radius 2 is 1.64 bits per heavy atom. The van der Waals surface area contributed by atoms with Crippen molar-refractivity contribution in [3.8, 4) is 0 Å². The molecule has 0 radical (unpaired) electrons. The standard InChI is InChI=1S/C20H19NO4/c1-14-17(16-9-5-6-10-18(16)21-14)11-19(22)25-13-20(23)24-12-15-7-3-2-4-8-15/h2-10,21H,11-13H2,1H3. The van der Waals surface area contributed by atoms with E-state index in [4.69, 9.17) is 9.47 Å². The SMILES string of the molecule is Cc1[nH]c2ccccc2c1CC(=O)OCC(=O)OCc1ccccc1. The second-order valence-corrected chi connectivity index (χ2v) is 5.76. The summed E-state index contributed by atoms with van der Waals surface area (Å²) in [4.78, 5) is 27.0. The van der Waals surface area contributed by atoms with Crippen LogP contribution in [-0.2, 0) is 32.1 Å². The van der Waals surface area contributed by atoms with E-state index in [2.05, 4.69) is 4.98 Å². The molecule has 1 aromatic heterocycles. The highest BCUT2D eigenvalue weighted by Crippen LogP contribution is 2.22. The number of nitrogens with one attached hydrogen (secondary N) is 1. The molecule has 1 heterocycles. The number of carbonyl (C=O) groups is 2. The van der Waals surface area contributed by atoms with E-state index in [1.54, 1.807) is 0 Å². The number of aromatic nitrogens is 1. The fourth-order valence-corrected chi connectivity index (χ4v) is 2.68. The number of carbonyl (C=O) groups excluding carboxylic acids is 2. The van der Waals surface area contributed by atoms with Crippen LogP contribution in [0.15, 0.2) is 54.6 Å². The van der Waals surface area contributed by atoms with E-state index in [-0.39, 0.29) is 19.6 Å². The number of ether oxygens (including phenoxy) is 2. The fourth-order valence-electron chi connectivity index (χ4n) is 2.68. The first kappa shape index (κ1) is 16.8. The smallest absolute Gasteiger partial charge is 0.344 e. The van der Waals surface area contributed by atoms with Gasteiger partial charge in [0.15, 0.2) is 6.61 Å². The number of benzene rings is 2. The zero-order chi connectivity index (χ0) is 17.6. The molecule has 0 spiro atoms. The predicted octanol–water partition coefficient (Wildman–Crippen LogP) is 3.31. The highest BCUT2D eigenvalue weighted by atomic mass is 16.6. The number of hydrogen-bond acceptors (Lipinski definition) is 4. The second-order valence-electron chi connectivity index (χ2n) is 5.76. The summed E-state index contributed by atoms with van der Waals surface area (Å²) in [5.74, 6) is -1.02. The Kier molecular flexibility index (Phi) is 5.14. The average Bonchev–Trinajstić information content (AvgIpc) is 2.94. The van der Waals surface area contributed by atoms with Crippen molar-refractivity contribution in [2.24, 2.45) is 0 Å². The fraction of sp³-hybridized carbons (Fsp3) is 0.200. The molecule has 0 unspecified atom stereocenters. The molecule has 5 nitrogen and oxygen atoms in total. The number of hydrogen-bond donors (Lipinski definition) is 1. The number of para-hydroxylation sites is 1. The van der Waals surface area contributed by atoms with E-state index in [1.165, 1.54) is 0 Å². The van der Waals surface area contributed by atoms with Crippen molar-refractivity contribution in [1.29, 1.82) is 0 Å². The lowest BCUT2D eigenvalue weighted by atomic mass is 10.1. The van der Waals surface area contributed by atoms with Crippen molar-refractivity contribution < 1.29 is 19.1 Å². The summed E-state index contributed by atoms with van der Waals surface area (Å²) >= 11 is 0. The molecule has 1 N–H and O–H groups in total. The summed E-state index contributed by atoms with van der Waals surface area (Å²) in [5, 5.41) is 0.989. The molecule has 5 heteroatoms. The Hall–Kier alpha value is -3.08. The van der Waals surface area contributed by atoms with E-state index in [1.807, 2.05) is 61.5 Å². The molecule has 0 saturated carbocycles. The monoisotopic (exact) mass is 337 g/mol. The Morgan fingerprint density at radius 3 is 2.44 bits per heavy atom. The number of aryl methyl sites for hydroxylation is 1. The zero-order valence-corrected chi connectivity index (χ0v) is 14.0. The summed E-state index contributed by atoms with van der Waals surface area (Å²) in [5.41, 5.74) is 3.67. The second kappa shape index (κ2) is 7.66. The van der Waals surface area contributed by atoms with Gasteiger partial charge in [0, 0.05) is 16.6 Å². The Bertz CT molecular complexity index is 883. The maximum Gasteiger partial charge on any atom is 0.344 e. The summed E-state index contributed by atoms with van der Waals surface area (Å²) in [6, 6.07) is 17.1. The normalized spacial score (nSPS) is 10.6. The third-order valence-corrected chi connectivity index (χ3v) is 3.94. The van der Waals surface area contributed by atoms with Gasteiger partial charge in [-0.05, 0) is 24.1 Å². The minimum atomic E-state index is -0.562. The van der Waals surface area contributed by atoms with Gasteiger partial charge in [-0.1, -0.05) is 48.5 Å². The van der Waals surface area contributed by atoms with E-state index < -0.39 is 11.9 Å². The summed E-state index contributed by atoms with van der Waals surface area (Å²) in [6.07, 6.45) is 0.113. The van der Waals surface area contributed by atoms with Gasteiger partial charge in [-0.2, -0.15) is 0 Å². The lowest BCUT2D eigenvalue weighted by Crippen LogP contribution is -2.17. The van der Waals surface area contributed by atoms with Gasteiger partial charge in [0.2, 0.25) is 0 Å². The Morgan fingerprint density at radius 1 is 0.920 bits per heavy atom. The maximum atomic E-state index is 12.0. The zero-order valence-electron chi connectivity index (χ0n) is 14.0. The van der Waals surface area contributed by atoms with Crippen LogP contribution < -0.4 is 0 Å². The van der Waals surface area contributed by atoms with Crippen molar-refractivity contribution in [3.05, 3.63) is 71.4 Å². The number of esters is 2. The Labute approximate surface area is 145 Å². The highest BCUT2D eigenvalue weighted by molar-refractivity contribution is 5.89. The number of fused-ring (bicyclic) bond motifs is 1. The Balaban J connectivity index is 1.50. The average molecular weight is 337 g/mol.